The first-order valence-electron chi connectivity index (χ1n) is 5.83. The lowest BCUT2D eigenvalue weighted by Gasteiger charge is -2.25. The lowest BCUT2D eigenvalue weighted by molar-refractivity contribution is -0.139. The zero-order valence-electron chi connectivity index (χ0n) is 9.71. The van der Waals surface area contributed by atoms with Gasteiger partial charge in [0.25, 0.3) is 0 Å². The molecule has 0 aromatic heterocycles. The van der Waals surface area contributed by atoms with Gasteiger partial charge in [-0.2, -0.15) is 0 Å². The highest BCUT2D eigenvalue weighted by Gasteiger charge is 2.24. The van der Waals surface area contributed by atoms with Crippen LogP contribution in [-0.2, 0) is 16.1 Å². The van der Waals surface area contributed by atoms with Crippen molar-refractivity contribution in [2.45, 2.75) is 19.0 Å². The zero-order valence-corrected chi connectivity index (χ0v) is 9.71. The molecule has 1 heterocycles. The highest BCUT2D eigenvalue weighted by atomic mass is 16.5. The monoisotopic (exact) mass is 235 g/mol. The van der Waals surface area contributed by atoms with E-state index in [1.165, 1.54) is 0 Å². The summed E-state index contributed by atoms with van der Waals surface area (Å²) in [5.74, 6) is -0.784. The summed E-state index contributed by atoms with van der Waals surface area (Å²) in [6.07, 6.45) is 0.917. The summed E-state index contributed by atoms with van der Waals surface area (Å²) in [5, 5.41) is 8.94. The maximum Gasteiger partial charge on any atom is 0.317 e. The van der Waals surface area contributed by atoms with Gasteiger partial charge < -0.3 is 9.84 Å². The fourth-order valence-corrected chi connectivity index (χ4v) is 2.12. The smallest absolute Gasteiger partial charge is 0.317 e. The number of hydrogen-bond acceptors (Lipinski definition) is 3. The third-order valence-corrected chi connectivity index (χ3v) is 2.99. The van der Waals surface area contributed by atoms with Crippen LogP contribution in [0.2, 0.25) is 0 Å². The molecule has 0 spiro atoms. The highest BCUT2D eigenvalue weighted by Crippen LogP contribution is 2.15. The van der Waals surface area contributed by atoms with Crippen molar-refractivity contribution in [3.63, 3.8) is 0 Å². The van der Waals surface area contributed by atoms with Gasteiger partial charge in [-0.25, -0.2) is 0 Å². The van der Waals surface area contributed by atoms with Gasteiger partial charge >= 0.3 is 5.97 Å². The molecule has 17 heavy (non-hydrogen) atoms. The Labute approximate surface area is 101 Å². The van der Waals surface area contributed by atoms with Crippen molar-refractivity contribution in [3.05, 3.63) is 35.9 Å². The second-order valence-corrected chi connectivity index (χ2v) is 4.30. The van der Waals surface area contributed by atoms with Crippen molar-refractivity contribution in [1.29, 1.82) is 0 Å². The topological polar surface area (TPSA) is 49.8 Å². The summed E-state index contributed by atoms with van der Waals surface area (Å²) in [4.78, 5) is 12.9. The van der Waals surface area contributed by atoms with E-state index in [1.807, 2.05) is 35.2 Å². The fraction of sp³-hybridized carbons (Fsp3) is 0.462. The average Bonchev–Trinajstić information content (AvgIpc) is 2.82. The van der Waals surface area contributed by atoms with E-state index in [0.717, 1.165) is 18.6 Å². The Kier molecular flexibility index (Phi) is 4.12. The molecular formula is C13H17NO3. The number of aliphatic carboxylic acids is 1. The zero-order chi connectivity index (χ0) is 12.1. The largest absolute Gasteiger partial charge is 0.480 e. The van der Waals surface area contributed by atoms with E-state index in [9.17, 15) is 4.79 Å². The summed E-state index contributed by atoms with van der Waals surface area (Å²) in [6, 6.07) is 10.2. The molecule has 1 aromatic carbocycles. The van der Waals surface area contributed by atoms with Crippen LogP contribution in [0.1, 0.15) is 12.0 Å². The molecule has 1 fully saturated rings. The molecule has 1 aromatic rings. The summed E-state index contributed by atoms with van der Waals surface area (Å²) in [6.45, 7) is 2.11. The summed E-state index contributed by atoms with van der Waals surface area (Å²) in [7, 11) is 0. The van der Waals surface area contributed by atoms with Crippen molar-refractivity contribution in [1.82, 2.24) is 4.90 Å². The van der Waals surface area contributed by atoms with Crippen LogP contribution in [-0.4, -0.2) is 41.8 Å². The number of rotatable bonds is 5. The van der Waals surface area contributed by atoms with Crippen molar-refractivity contribution >= 4 is 5.97 Å². The SMILES string of the molecule is O=C(O)CN(Cc1ccccc1)C1CCOC1. The van der Waals surface area contributed by atoms with Gasteiger partial charge in [0.05, 0.1) is 13.2 Å². The lowest BCUT2D eigenvalue weighted by Crippen LogP contribution is -2.38. The molecule has 0 radical (unpaired) electrons. The maximum absolute atomic E-state index is 10.9. The van der Waals surface area contributed by atoms with Crippen molar-refractivity contribution in [3.8, 4) is 0 Å². The molecule has 1 aliphatic heterocycles. The number of nitrogens with zero attached hydrogens (tertiary/aromatic N) is 1. The van der Waals surface area contributed by atoms with E-state index in [1.54, 1.807) is 0 Å². The Morgan fingerprint density at radius 3 is 2.76 bits per heavy atom. The molecular weight excluding hydrogens is 218 g/mol. The van der Waals surface area contributed by atoms with E-state index in [4.69, 9.17) is 9.84 Å². The quantitative estimate of drug-likeness (QED) is 0.837. The van der Waals surface area contributed by atoms with Crippen molar-refractivity contribution in [2.75, 3.05) is 19.8 Å². The Morgan fingerprint density at radius 2 is 2.18 bits per heavy atom. The molecule has 0 saturated carbocycles. The number of carboxylic acid groups (broad SMARTS) is 1. The van der Waals surface area contributed by atoms with E-state index in [0.29, 0.717) is 13.2 Å². The number of carbonyl (C=O) groups is 1. The van der Waals surface area contributed by atoms with Gasteiger partial charge in [0, 0.05) is 19.2 Å². The Balaban J connectivity index is 2.02. The molecule has 4 heteroatoms. The Hall–Kier alpha value is -1.39. The molecule has 4 nitrogen and oxygen atoms in total. The molecule has 1 saturated heterocycles. The van der Waals surface area contributed by atoms with Crippen LogP contribution < -0.4 is 0 Å². The second-order valence-electron chi connectivity index (χ2n) is 4.30. The number of benzene rings is 1. The third-order valence-electron chi connectivity index (χ3n) is 2.99. The van der Waals surface area contributed by atoms with E-state index in [2.05, 4.69) is 0 Å². The molecule has 2 rings (SSSR count). The minimum absolute atomic E-state index is 0.0723. The molecule has 1 N–H and O–H groups in total. The first-order valence-corrected chi connectivity index (χ1v) is 5.83. The Morgan fingerprint density at radius 1 is 1.41 bits per heavy atom. The van der Waals surface area contributed by atoms with E-state index < -0.39 is 5.97 Å². The summed E-state index contributed by atoms with van der Waals surface area (Å²) < 4.78 is 5.32. The van der Waals surface area contributed by atoms with Crippen LogP contribution in [0.5, 0.6) is 0 Å². The molecule has 1 aliphatic rings. The van der Waals surface area contributed by atoms with Gasteiger partial charge in [-0.15, -0.1) is 0 Å². The minimum Gasteiger partial charge on any atom is -0.480 e. The minimum atomic E-state index is -0.784. The molecule has 0 amide bonds. The standard InChI is InChI=1S/C13H17NO3/c15-13(16)9-14(12-6-7-17-10-12)8-11-4-2-1-3-5-11/h1-5,12H,6-10H2,(H,15,16). The average molecular weight is 235 g/mol. The summed E-state index contributed by atoms with van der Waals surface area (Å²) >= 11 is 0. The van der Waals surface area contributed by atoms with Gasteiger partial charge in [-0.1, -0.05) is 30.3 Å². The highest BCUT2D eigenvalue weighted by molar-refractivity contribution is 5.69. The first-order chi connectivity index (χ1) is 8.25. The van der Waals surface area contributed by atoms with Gasteiger partial charge in [0.2, 0.25) is 0 Å². The maximum atomic E-state index is 10.9. The van der Waals surface area contributed by atoms with Crippen LogP contribution in [0.15, 0.2) is 30.3 Å². The van der Waals surface area contributed by atoms with Crippen LogP contribution in [0, 0.1) is 0 Å². The van der Waals surface area contributed by atoms with E-state index in [-0.39, 0.29) is 12.6 Å². The van der Waals surface area contributed by atoms with Gasteiger partial charge in [-0.3, -0.25) is 9.69 Å². The number of ether oxygens (including phenoxy) is 1. The predicted molar refractivity (Wildman–Crippen MR) is 63.7 cm³/mol. The molecule has 0 aliphatic carbocycles. The van der Waals surface area contributed by atoms with Gasteiger partial charge in [0.15, 0.2) is 0 Å². The normalized spacial score (nSPS) is 19.7. The fourth-order valence-electron chi connectivity index (χ4n) is 2.12. The van der Waals surface area contributed by atoms with Gasteiger partial charge in [0.1, 0.15) is 0 Å². The van der Waals surface area contributed by atoms with Crippen LogP contribution in [0.25, 0.3) is 0 Å². The molecule has 0 bridgehead atoms. The lowest BCUT2D eigenvalue weighted by atomic mass is 10.1. The molecule has 1 unspecified atom stereocenters. The van der Waals surface area contributed by atoms with Gasteiger partial charge in [-0.05, 0) is 12.0 Å². The number of carboxylic acids is 1. The second kappa shape index (κ2) is 5.80. The van der Waals surface area contributed by atoms with Crippen molar-refractivity contribution < 1.29 is 14.6 Å². The predicted octanol–water partition coefficient (Wildman–Crippen LogP) is 1.36. The van der Waals surface area contributed by atoms with Crippen LogP contribution >= 0.6 is 0 Å². The number of hydrogen-bond donors (Lipinski definition) is 1. The molecule has 92 valence electrons. The molecule has 1 atom stereocenters. The van der Waals surface area contributed by atoms with Crippen molar-refractivity contribution in [2.24, 2.45) is 0 Å². The Bertz CT molecular complexity index is 360. The van der Waals surface area contributed by atoms with Crippen LogP contribution in [0.3, 0.4) is 0 Å². The first kappa shape index (κ1) is 12.1. The summed E-state index contributed by atoms with van der Waals surface area (Å²) in [5.41, 5.74) is 1.14. The third kappa shape index (κ3) is 3.54. The van der Waals surface area contributed by atoms with Crippen LogP contribution in [0.4, 0.5) is 0 Å². The van der Waals surface area contributed by atoms with E-state index >= 15 is 0 Å².